The predicted molar refractivity (Wildman–Crippen MR) is 90.8 cm³/mol. The zero-order valence-corrected chi connectivity index (χ0v) is 13.5. The number of pyridine rings is 1. The lowest BCUT2D eigenvalue weighted by molar-refractivity contribution is 0.0735. The maximum absolute atomic E-state index is 13.6. The van der Waals surface area contributed by atoms with Gasteiger partial charge in [-0.2, -0.15) is 0 Å². The Balaban J connectivity index is 1.63. The van der Waals surface area contributed by atoms with Gasteiger partial charge in [-0.1, -0.05) is 12.1 Å². The number of benzene rings is 1. The van der Waals surface area contributed by atoms with Crippen molar-refractivity contribution in [3.63, 3.8) is 0 Å². The van der Waals surface area contributed by atoms with E-state index >= 15 is 0 Å². The van der Waals surface area contributed by atoms with E-state index in [0.717, 1.165) is 18.4 Å². The first kappa shape index (κ1) is 15.5. The summed E-state index contributed by atoms with van der Waals surface area (Å²) in [6.07, 6.45) is 8.46. The van der Waals surface area contributed by atoms with Crippen LogP contribution < -0.4 is 0 Å². The number of likely N-dealkylation sites (tertiary alicyclic amines) is 1. The molecule has 0 saturated carbocycles. The van der Waals surface area contributed by atoms with Crippen molar-refractivity contribution in [2.24, 2.45) is 0 Å². The van der Waals surface area contributed by atoms with Gasteiger partial charge in [-0.3, -0.25) is 9.36 Å². The number of amides is 1. The molecule has 1 atom stereocenters. The molecule has 25 heavy (non-hydrogen) atoms. The number of imidazole rings is 1. The molecule has 0 radical (unpaired) electrons. The molecular weight excluding hydrogens is 319 g/mol. The zero-order chi connectivity index (χ0) is 17.2. The third kappa shape index (κ3) is 3.03. The van der Waals surface area contributed by atoms with Crippen molar-refractivity contribution in [3.05, 3.63) is 78.3 Å². The maximum Gasteiger partial charge on any atom is 0.254 e. The highest BCUT2D eigenvalue weighted by molar-refractivity contribution is 5.95. The summed E-state index contributed by atoms with van der Waals surface area (Å²) in [5.41, 5.74) is 1.41. The first-order valence-corrected chi connectivity index (χ1v) is 8.23. The molecule has 1 amide bonds. The van der Waals surface area contributed by atoms with Crippen LogP contribution in [0.2, 0.25) is 0 Å². The Kier molecular flexibility index (Phi) is 4.01. The molecule has 3 heterocycles. The van der Waals surface area contributed by atoms with E-state index < -0.39 is 0 Å². The van der Waals surface area contributed by atoms with Crippen LogP contribution in [0.3, 0.4) is 0 Å². The molecule has 1 aliphatic rings. The second kappa shape index (κ2) is 6.47. The topological polar surface area (TPSA) is 51.0 Å². The summed E-state index contributed by atoms with van der Waals surface area (Å²) in [5.74, 6) is 0.309. The van der Waals surface area contributed by atoms with Crippen LogP contribution in [0.15, 0.2) is 61.3 Å². The zero-order valence-electron chi connectivity index (χ0n) is 13.5. The summed E-state index contributed by atoms with van der Waals surface area (Å²) in [7, 11) is 0. The fourth-order valence-electron chi connectivity index (χ4n) is 3.32. The number of carbonyl (C=O) groups excluding carboxylic acids is 1. The fraction of sp³-hybridized carbons (Fsp3) is 0.211. The normalized spacial score (nSPS) is 17.0. The van der Waals surface area contributed by atoms with Crippen LogP contribution in [0, 0.1) is 5.82 Å². The van der Waals surface area contributed by atoms with Crippen LogP contribution in [-0.2, 0) is 0 Å². The second-order valence-corrected chi connectivity index (χ2v) is 6.08. The van der Waals surface area contributed by atoms with Crippen molar-refractivity contribution in [2.75, 3.05) is 6.54 Å². The molecule has 3 aromatic rings. The third-order valence-corrected chi connectivity index (χ3v) is 4.51. The third-order valence-electron chi connectivity index (χ3n) is 4.51. The molecular formula is C19H17FN4O. The highest BCUT2D eigenvalue weighted by Crippen LogP contribution is 2.33. The highest BCUT2D eigenvalue weighted by Gasteiger charge is 2.31. The number of rotatable bonds is 3. The average molecular weight is 336 g/mol. The van der Waals surface area contributed by atoms with E-state index in [2.05, 4.69) is 9.97 Å². The molecule has 0 bridgehead atoms. The average Bonchev–Trinajstić information content (AvgIpc) is 3.33. The van der Waals surface area contributed by atoms with Gasteiger partial charge in [0.05, 0.1) is 6.04 Å². The molecule has 1 aromatic carbocycles. The van der Waals surface area contributed by atoms with Crippen LogP contribution in [0.4, 0.5) is 4.39 Å². The minimum Gasteiger partial charge on any atom is -0.332 e. The molecule has 0 N–H and O–H groups in total. The van der Waals surface area contributed by atoms with Gasteiger partial charge >= 0.3 is 0 Å². The van der Waals surface area contributed by atoms with Gasteiger partial charge < -0.3 is 4.90 Å². The van der Waals surface area contributed by atoms with E-state index in [9.17, 15) is 9.18 Å². The van der Waals surface area contributed by atoms with Crippen molar-refractivity contribution < 1.29 is 9.18 Å². The monoisotopic (exact) mass is 336 g/mol. The number of aromatic nitrogens is 3. The molecule has 4 rings (SSSR count). The summed E-state index contributed by atoms with van der Waals surface area (Å²) in [6.45, 7) is 0.669. The lowest BCUT2D eigenvalue weighted by Crippen LogP contribution is -2.30. The van der Waals surface area contributed by atoms with Gasteiger partial charge in [0.2, 0.25) is 0 Å². The van der Waals surface area contributed by atoms with E-state index in [1.807, 2.05) is 11.0 Å². The van der Waals surface area contributed by atoms with Crippen LogP contribution in [0.25, 0.3) is 5.82 Å². The van der Waals surface area contributed by atoms with Gasteiger partial charge in [0.1, 0.15) is 18.0 Å². The van der Waals surface area contributed by atoms with Gasteiger partial charge in [0.25, 0.3) is 5.91 Å². The number of nitrogens with zero attached hydrogens (tertiary/aromatic N) is 4. The van der Waals surface area contributed by atoms with Gasteiger partial charge in [0, 0.05) is 30.7 Å². The van der Waals surface area contributed by atoms with Gasteiger partial charge in [-0.15, -0.1) is 0 Å². The van der Waals surface area contributed by atoms with Crippen molar-refractivity contribution in [3.8, 4) is 5.82 Å². The van der Waals surface area contributed by atoms with Gasteiger partial charge in [-0.05, 0) is 42.7 Å². The lowest BCUT2D eigenvalue weighted by Gasteiger charge is -2.25. The van der Waals surface area contributed by atoms with E-state index in [4.69, 9.17) is 0 Å². The Labute approximate surface area is 144 Å². The van der Waals surface area contributed by atoms with Crippen molar-refractivity contribution >= 4 is 5.91 Å². The smallest absolute Gasteiger partial charge is 0.254 e. The summed E-state index contributed by atoms with van der Waals surface area (Å²) in [4.78, 5) is 23.1. The molecule has 5 nitrogen and oxygen atoms in total. The number of hydrogen-bond acceptors (Lipinski definition) is 3. The van der Waals surface area contributed by atoms with Crippen LogP contribution in [-0.4, -0.2) is 31.9 Å². The molecule has 0 spiro atoms. The summed E-state index contributed by atoms with van der Waals surface area (Å²) in [5, 5.41) is 0. The first-order chi connectivity index (χ1) is 12.2. The first-order valence-electron chi connectivity index (χ1n) is 8.23. The number of carbonyl (C=O) groups is 1. The second-order valence-electron chi connectivity index (χ2n) is 6.08. The molecule has 0 aliphatic carbocycles. The maximum atomic E-state index is 13.6. The highest BCUT2D eigenvalue weighted by atomic mass is 19.1. The molecule has 1 fully saturated rings. The Morgan fingerprint density at radius 3 is 2.92 bits per heavy atom. The Hall–Kier alpha value is -3.02. The Morgan fingerprint density at radius 1 is 1.20 bits per heavy atom. The van der Waals surface area contributed by atoms with Crippen molar-refractivity contribution in [1.29, 1.82) is 0 Å². The van der Waals surface area contributed by atoms with Crippen molar-refractivity contribution in [1.82, 2.24) is 19.4 Å². The molecule has 2 aromatic heterocycles. The molecule has 0 unspecified atom stereocenters. The number of halogens is 1. The van der Waals surface area contributed by atoms with Crippen LogP contribution >= 0.6 is 0 Å². The molecule has 6 heteroatoms. The van der Waals surface area contributed by atoms with Crippen LogP contribution in [0.1, 0.15) is 34.8 Å². The van der Waals surface area contributed by atoms with E-state index in [1.165, 1.54) is 12.1 Å². The summed E-state index contributed by atoms with van der Waals surface area (Å²) < 4.78 is 15.3. The SMILES string of the molecule is O=C(c1ccnc(-n2ccnc2)c1)N1CCC[C@@H]1c1cccc(F)c1. The Morgan fingerprint density at radius 2 is 2.12 bits per heavy atom. The molecule has 126 valence electrons. The molecule has 1 saturated heterocycles. The van der Waals surface area contributed by atoms with E-state index in [-0.39, 0.29) is 17.8 Å². The minimum absolute atomic E-state index is 0.0597. The largest absolute Gasteiger partial charge is 0.332 e. The summed E-state index contributed by atoms with van der Waals surface area (Å²) >= 11 is 0. The van der Waals surface area contributed by atoms with E-state index in [1.54, 1.807) is 47.7 Å². The van der Waals surface area contributed by atoms with Crippen molar-refractivity contribution in [2.45, 2.75) is 18.9 Å². The van der Waals surface area contributed by atoms with Gasteiger partial charge in [0.15, 0.2) is 0 Å². The minimum atomic E-state index is -0.275. The quantitative estimate of drug-likeness (QED) is 0.737. The standard InChI is InChI=1S/C19H17FN4O/c20-16-4-1-3-14(11-16)17-5-2-9-24(17)19(25)15-6-7-22-18(12-15)23-10-8-21-13-23/h1,3-4,6-8,10-13,17H,2,5,9H2/t17-/m1/s1. The molecule has 1 aliphatic heterocycles. The van der Waals surface area contributed by atoms with Gasteiger partial charge in [-0.25, -0.2) is 14.4 Å². The van der Waals surface area contributed by atoms with E-state index in [0.29, 0.717) is 17.9 Å². The predicted octanol–water partition coefficient (Wildman–Crippen LogP) is 3.38. The number of hydrogen-bond donors (Lipinski definition) is 0. The fourth-order valence-corrected chi connectivity index (χ4v) is 3.32. The summed E-state index contributed by atoms with van der Waals surface area (Å²) in [6, 6.07) is 9.88. The van der Waals surface area contributed by atoms with Crippen LogP contribution in [0.5, 0.6) is 0 Å². The Bertz CT molecular complexity index is 894. The lowest BCUT2D eigenvalue weighted by atomic mass is 10.0.